The van der Waals surface area contributed by atoms with Gasteiger partial charge in [-0.25, -0.2) is 0 Å². The number of benzene rings is 1. The van der Waals surface area contributed by atoms with Crippen molar-refractivity contribution in [2.75, 3.05) is 5.32 Å². The number of halogens is 4. The molecular weight excluding hydrogens is 297 g/mol. The lowest BCUT2D eigenvalue weighted by Gasteiger charge is -2.12. The van der Waals surface area contributed by atoms with E-state index in [0.29, 0.717) is 12.2 Å². The molecule has 1 aromatic heterocycles. The fourth-order valence-corrected chi connectivity index (χ4v) is 2.11. The number of alkyl halides is 2. The van der Waals surface area contributed by atoms with Gasteiger partial charge in [-0.1, -0.05) is 23.2 Å². The second-order valence-electron chi connectivity index (χ2n) is 3.72. The normalized spacial score (nSPS) is 10.8. The first-order valence-electron chi connectivity index (χ1n) is 5.35. The van der Waals surface area contributed by atoms with Crippen molar-refractivity contribution in [3.63, 3.8) is 0 Å². The molecule has 7 heteroatoms. The smallest absolute Gasteiger partial charge is 0.387 e. The Morgan fingerprint density at radius 3 is 2.47 bits per heavy atom. The molecule has 0 atom stereocenters. The molecule has 0 aliphatic rings. The molecule has 0 fully saturated rings. The third-order valence-corrected chi connectivity index (χ3v) is 2.93. The summed E-state index contributed by atoms with van der Waals surface area (Å²) in [7, 11) is 0. The molecule has 1 heterocycles. The van der Waals surface area contributed by atoms with Crippen molar-refractivity contribution >= 4 is 28.9 Å². The van der Waals surface area contributed by atoms with E-state index in [-0.39, 0.29) is 15.8 Å². The Balaban J connectivity index is 2.10. The van der Waals surface area contributed by atoms with Gasteiger partial charge in [0.15, 0.2) is 5.75 Å². The van der Waals surface area contributed by atoms with Gasteiger partial charge in [0, 0.05) is 24.6 Å². The molecule has 1 aromatic carbocycles. The number of ether oxygens (including phenoxy) is 1. The summed E-state index contributed by atoms with van der Waals surface area (Å²) in [6.07, 6.45) is 3.64. The number of anilines is 1. The standard InChI is InChI=1S/C12H10Cl2F2N2O/c13-9-3-8(18-6-7-1-2-17-5-7)4-10(14)11(9)19-12(15)16/h1-5,12,17-18H,6H2. The minimum absolute atomic E-state index is 0.0318. The van der Waals surface area contributed by atoms with Gasteiger partial charge in [0.25, 0.3) is 0 Å². The maximum absolute atomic E-state index is 12.2. The van der Waals surface area contributed by atoms with Gasteiger partial charge in [-0.2, -0.15) is 8.78 Å². The average molecular weight is 307 g/mol. The van der Waals surface area contributed by atoms with Gasteiger partial charge in [-0.3, -0.25) is 0 Å². The summed E-state index contributed by atoms with van der Waals surface area (Å²) < 4.78 is 28.6. The monoisotopic (exact) mass is 306 g/mol. The second-order valence-corrected chi connectivity index (χ2v) is 4.53. The van der Waals surface area contributed by atoms with E-state index in [2.05, 4.69) is 15.0 Å². The largest absolute Gasteiger partial charge is 0.432 e. The summed E-state index contributed by atoms with van der Waals surface area (Å²) >= 11 is 11.7. The summed E-state index contributed by atoms with van der Waals surface area (Å²) in [5.74, 6) is -0.217. The van der Waals surface area contributed by atoms with Crippen molar-refractivity contribution in [2.45, 2.75) is 13.2 Å². The van der Waals surface area contributed by atoms with Gasteiger partial charge in [-0.05, 0) is 23.8 Å². The zero-order chi connectivity index (χ0) is 13.8. The van der Waals surface area contributed by atoms with Crippen LogP contribution in [-0.4, -0.2) is 11.6 Å². The van der Waals surface area contributed by atoms with Crippen LogP contribution >= 0.6 is 23.2 Å². The van der Waals surface area contributed by atoms with Gasteiger partial charge < -0.3 is 15.0 Å². The van der Waals surface area contributed by atoms with E-state index in [4.69, 9.17) is 23.2 Å². The summed E-state index contributed by atoms with van der Waals surface area (Å²) in [5.41, 5.74) is 1.66. The molecule has 2 N–H and O–H groups in total. The van der Waals surface area contributed by atoms with E-state index in [1.807, 2.05) is 12.3 Å². The summed E-state index contributed by atoms with van der Waals surface area (Å²) in [4.78, 5) is 2.92. The van der Waals surface area contributed by atoms with Crippen molar-refractivity contribution in [1.82, 2.24) is 4.98 Å². The molecule has 2 rings (SSSR count). The lowest BCUT2D eigenvalue weighted by Crippen LogP contribution is -2.04. The summed E-state index contributed by atoms with van der Waals surface area (Å²) in [6, 6.07) is 4.88. The maximum atomic E-state index is 12.2. The minimum Gasteiger partial charge on any atom is -0.432 e. The predicted molar refractivity (Wildman–Crippen MR) is 71.2 cm³/mol. The second kappa shape index (κ2) is 6.12. The number of hydrogen-bond donors (Lipinski definition) is 2. The molecule has 0 saturated carbocycles. The fraction of sp³-hybridized carbons (Fsp3) is 0.167. The molecule has 0 radical (unpaired) electrons. The number of aromatic nitrogens is 1. The van der Waals surface area contributed by atoms with E-state index < -0.39 is 6.61 Å². The van der Waals surface area contributed by atoms with Crippen LogP contribution in [0, 0.1) is 0 Å². The number of rotatable bonds is 5. The van der Waals surface area contributed by atoms with Gasteiger partial charge >= 0.3 is 6.61 Å². The first kappa shape index (κ1) is 14.0. The number of hydrogen-bond acceptors (Lipinski definition) is 2. The first-order chi connectivity index (χ1) is 9.06. The molecule has 0 amide bonds. The van der Waals surface area contributed by atoms with E-state index in [9.17, 15) is 8.78 Å². The summed E-state index contributed by atoms with van der Waals surface area (Å²) in [6.45, 7) is -2.40. The van der Waals surface area contributed by atoms with E-state index >= 15 is 0 Å². The van der Waals surface area contributed by atoms with Gasteiger partial charge in [0.05, 0.1) is 10.0 Å². The summed E-state index contributed by atoms with van der Waals surface area (Å²) in [5, 5.41) is 3.14. The van der Waals surface area contributed by atoms with E-state index in [1.165, 1.54) is 12.1 Å². The highest BCUT2D eigenvalue weighted by Crippen LogP contribution is 2.37. The van der Waals surface area contributed by atoms with Crippen LogP contribution in [-0.2, 0) is 6.54 Å². The molecule has 0 saturated heterocycles. The van der Waals surface area contributed by atoms with Crippen LogP contribution in [0.5, 0.6) is 5.75 Å². The Morgan fingerprint density at radius 2 is 1.95 bits per heavy atom. The lowest BCUT2D eigenvalue weighted by atomic mass is 10.2. The Labute approximate surface area is 118 Å². The van der Waals surface area contributed by atoms with Crippen LogP contribution < -0.4 is 10.1 Å². The Bertz CT molecular complexity index is 524. The highest BCUT2D eigenvalue weighted by atomic mass is 35.5. The zero-order valence-corrected chi connectivity index (χ0v) is 11.1. The first-order valence-corrected chi connectivity index (χ1v) is 6.11. The quantitative estimate of drug-likeness (QED) is 0.851. The molecule has 3 nitrogen and oxygen atoms in total. The number of H-pyrrole nitrogens is 1. The molecule has 0 aliphatic carbocycles. The Hall–Kier alpha value is -1.46. The Kier molecular flexibility index (Phi) is 4.50. The number of aromatic amines is 1. The van der Waals surface area contributed by atoms with Crippen molar-refractivity contribution in [3.05, 3.63) is 46.2 Å². The molecule has 19 heavy (non-hydrogen) atoms. The lowest BCUT2D eigenvalue weighted by molar-refractivity contribution is -0.0497. The zero-order valence-electron chi connectivity index (χ0n) is 9.59. The molecule has 0 bridgehead atoms. The van der Waals surface area contributed by atoms with Crippen molar-refractivity contribution in [2.24, 2.45) is 0 Å². The predicted octanol–water partition coefficient (Wildman–Crippen LogP) is 4.54. The van der Waals surface area contributed by atoms with E-state index in [0.717, 1.165) is 5.56 Å². The van der Waals surface area contributed by atoms with Gasteiger partial charge in [-0.15, -0.1) is 0 Å². The topological polar surface area (TPSA) is 37.0 Å². The van der Waals surface area contributed by atoms with E-state index in [1.54, 1.807) is 6.20 Å². The van der Waals surface area contributed by atoms with Crippen LogP contribution in [0.25, 0.3) is 0 Å². The molecule has 2 aromatic rings. The van der Waals surface area contributed by atoms with Crippen LogP contribution in [0.1, 0.15) is 5.56 Å². The van der Waals surface area contributed by atoms with Crippen LogP contribution in [0.15, 0.2) is 30.6 Å². The molecule has 102 valence electrons. The SMILES string of the molecule is FC(F)Oc1c(Cl)cc(NCc2cc[nH]c2)cc1Cl. The maximum Gasteiger partial charge on any atom is 0.387 e. The molecule has 0 spiro atoms. The highest BCUT2D eigenvalue weighted by molar-refractivity contribution is 6.37. The third kappa shape index (κ3) is 3.75. The van der Waals surface area contributed by atoms with Gasteiger partial charge in [0.2, 0.25) is 0 Å². The fourth-order valence-electron chi connectivity index (χ4n) is 1.54. The van der Waals surface area contributed by atoms with Crippen molar-refractivity contribution in [3.8, 4) is 5.75 Å². The Morgan fingerprint density at radius 1 is 1.26 bits per heavy atom. The number of nitrogens with one attached hydrogen (secondary N) is 2. The molecular formula is C12H10Cl2F2N2O. The van der Waals surface area contributed by atoms with Crippen LogP contribution in [0.2, 0.25) is 10.0 Å². The van der Waals surface area contributed by atoms with Gasteiger partial charge in [0.1, 0.15) is 0 Å². The van der Waals surface area contributed by atoms with Crippen molar-refractivity contribution in [1.29, 1.82) is 0 Å². The highest BCUT2D eigenvalue weighted by Gasteiger charge is 2.14. The molecule has 0 aliphatic heterocycles. The van der Waals surface area contributed by atoms with Crippen molar-refractivity contribution < 1.29 is 13.5 Å². The molecule has 0 unspecified atom stereocenters. The third-order valence-electron chi connectivity index (χ3n) is 2.36. The van der Waals surface area contributed by atoms with Crippen LogP contribution in [0.3, 0.4) is 0 Å². The average Bonchev–Trinajstić information content (AvgIpc) is 2.84. The minimum atomic E-state index is -2.96. The van der Waals surface area contributed by atoms with Crippen LogP contribution in [0.4, 0.5) is 14.5 Å².